The molecule has 4 aromatic carbocycles. The van der Waals surface area contributed by atoms with Crippen LogP contribution in [0.25, 0.3) is 32.8 Å². The highest BCUT2D eigenvalue weighted by Gasteiger charge is 2.14. The quantitative estimate of drug-likeness (QED) is 0.402. The van der Waals surface area contributed by atoms with Gasteiger partial charge in [0.25, 0.3) is 0 Å². The van der Waals surface area contributed by atoms with Crippen LogP contribution in [0.2, 0.25) is 0 Å². The molecule has 5 rings (SSSR count). The molecule has 2 N–H and O–H groups in total. The van der Waals surface area contributed by atoms with E-state index < -0.39 is 0 Å². The number of hydrogen-bond acceptors (Lipinski definition) is 2. The standard InChI is InChI=1S/C26H21N3O/c1-17-14-24-23(16-22(17)21-13-7-11-19-10-5-6-12-20(19)21)26(29-28-24)27-25(30)15-18-8-3-2-4-9-18/h2-14,16H,15H2,1H3,(H2,27,28,29,30). The van der Waals surface area contributed by atoms with Gasteiger partial charge in [0.05, 0.1) is 11.9 Å². The molecule has 146 valence electrons. The highest BCUT2D eigenvalue weighted by Crippen LogP contribution is 2.34. The number of fused-ring (bicyclic) bond motifs is 2. The van der Waals surface area contributed by atoms with Gasteiger partial charge in [-0.15, -0.1) is 0 Å². The first kappa shape index (κ1) is 18.1. The minimum Gasteiger partial charge on any atom is -0.308 e. The minimum absolute atomic E-state index is 0.0816. The molecule has 0 aliphatic carbocycles. The van der Waals surface area contributed by atoms with Gasteiger partial charge in [-0.25, -0.2) is 0 Å². The zero-order valence-electron chi connectivity index (χ0n) is 16.6. The van der Waals surface area contributed by atoms with Crippen molar-refractivity contribution in [2.75, 3.05) is 5.32 Å². The van der Waals surface area contributed by atoms with E-state index in [1.54, 1.807) is 0 Å². The van der Waals surface area contributed by atoms with Crippen LogP contribution in [-0.4, -0.2) is 16.1 Å². The number of hydrogen-bond donors (Lipinski definition) is 2. The van der Waals surface area contributed by atoms with Crippen molar-refractivity contribution in [3.8, 4) is 11.1 Å². The van der Waals surface area contributed by atoms with Gasteiger partial charge in [-0.05, 0) is 52.1 Å². The summed E-state index contributed by atoms with van der Waals surface area (Å²) in [5.41, 5.74) is 5.35. The Balaban J connectivity index is 1.54. The number of amides is 1. The Hall–Kier alpha value is -3.92. The molecule has 30 heavy (non-hydrogen) atoms. The number of aryl methyl sites for hydroxylation is 1. The fraction of sp³-hybridized carbons (Fsp3) is 0.0769. The van der Waals surface area contributed by atoms with Gasteiger partial charge in [0.1, 0.15) is 0 Å². The van der Waals surface area contributed by atoms with E-state index in [0.29, 0.717) is 12.2 Å². The normalized spacial score (nSPS) is 11.1. The summed E-state index contributed by atoms with van der Waals surface area (Å²) in [4.78, 5) is 12.6. The van der Waals surface area contributed by atoms with E-state index >= 15 is 0 Å². The summed E-state index contributed by atoms with van der Waals surface area (Å²) in [6, 6.07) is 28.7. The molecular weight excluding hydrogens is 370 g/mol. The van der Waals surface area contributed by atoms with E-state index in [2.05, 4.69) is 77.0 Å². The summed E-state index contributed by atoms with van der Waals surface area (Å²) in [5.74, 6) is 0.481. The third kappa shape index (κ3) is 3.33. The number of benzene rings is 4. The Bertz CT molecular complexity index is 1360. The monoisotopic (exact) mass is 391 g/mol. The lowest BCUT2D eigenvalue weighted by Crippen LogP contribution is -2.14. The highest BCUT2D eigenvalue weighted by molar-refractivity contribution is 6.04. The van der Waals surface area contributed by atoms with Gasteiger partial charge in [0, 0.05) is 5.39 Å². The van der Waals surface area contributed by atoms with Crippen LogP contribution in [0.5, 0.6) is 0 Å². The van der Waals surface area contributed by atoms with E-state index in [9.17, 15) is 4.79 Å². The molecule has 4 nitrogen and oxygen atoms in total. The van der Waals surface area contributed by atoms with Gasteiger partial charge < -0.3 is 5.32 Å². The molecule has 0 aliphatic rings. The minimum atomic E-state index is -0.0816. The number of aromatic nitrogens is 2. The Morgan fingerprint density at radius 3 is 2.50 bits per heavy atom. The Morgan fingerprint density at radius 2 is 1.63 bits per heavy atom. The molecule has 0 fully saturated rings. The van der Waals surface area contributed by atoms with Gasteiger partial charge in [0.2, 0.25) is 5.91 Å². The lowest BCUT2D eigenvalue weighted by atomic mass is 9.94. The fourth-order valence-electron chi connectivity index (χ4n) is 3.98. The second-order valence-corrected chi connectivity index (χ2v) is 7.52. The topological polar surface area (TPSA) is 57.8 Å². The maximum atomic E-state index is 12.6. The lowest BCUT2D eigenvalue weighted by molar-refractivity contribution is -0.115. The molecule has 5 aromatic rings. The third-order valence-corrected chi connectivity index (χ3v) is 5.45. The van der Waals surface area contributed by atoms with Crippen molar-refractivity contribution >= 4 is 33.4 Å². The number of H-pyrrole nitrogens is 1. The van der Waals surface area contributed by atoms with Crippen LogP contribution in [-0.2, 0) is 11.2 Å². The SMILES string of the molecule is Cc1cc2[nH]nc(NC(=O)Cc3ccccc3)c2cc1-c1cccc2ccccc12. The van der Waals surface area contributed by atoms with Crippen LogP contribution in [0.4, 0.5) is 5.82 Å². The first-order valence-corrected chi connectivity index (χ1v) is 10.00. The Kier molecular flexibility index (Phi) is 4.52. The molecule has 1 amide bonds. The molecule has 0 saturated carbocycles. The van der Waals surface area contributed by atoms with Crippen LogP contribution >= 0.6 is 0 Å². The maximum absolute atomic E-state index is 12.6. The third-order valence-electron chi connectivity index (χ3n) is 5.45. The molecular formula is C26H21N3O. The van der Waals surface area contributed by atoms with E-state index in [0.717, 1.165) is 27.6 Å². The maximum Gasteiger partial charge on any atom is 0.230 e. The molecule has 0 radical (unpaired) electrons. The van der Waals surface area contributed by atoms with Crippen molar-refractivity contribution in [2.24, 2.45) is 0 Å². The zero-order chi connectivity index (χ0) is 20.5. The first-order valence-electron chi connectivity index (χ1n) is 10.00. The van der Waals surface area contributed by atoms with E-state index in [4.69, 9.17) is 0 Å². The Morgan fingerprint density at radius 1 is 0.867 bits per heavy atom. The van der Waals surface area contributed by atoms with Crippen molar-refractivity contribution in [2.45, 2.75) is 13.3 Å². The number of rotatable bonds is 4. The number of carbonyl (C=O) groups excluding carboxylic acids is 1. The van der Waals surface area contributed by atoms with Crippen LogP contribution in [0.1, 0.15) is 11.1 Å². The summed E-state index contributed by atoms with van der Waals surface area (Å²) in [6.07, 6.45) is 0.317. The number of anilines is 1. The van der Waals surface area contributed by atoms with Gasteiger partial charge in [-0.3, -0.25) is 9.89 Å². The molecule has 1 aromatic heterocycles. The van der Waals surface area contributed by atoms with Crippen molar-refractivity contribution in [1.29, 1.82) is 0 Å². The van der Waals surface area contributed by atoms with Gasteiger partial charge >= 0.3 is 0 Å². The number of nitrogens with zero attached hydrogens (tertiary/aromatic N) is 1. The fourth-order valence-corrected chi connectivity index (χ4v) is 3.98. The van der Waals surface area contributed by atoms with Crippen LogP contribution in [0.15, 0.2) is 84.9 Å². The number of aromatic amines is 1. The average molecular weight is 391 g/mol. The number of nitrogens with one attached hydrogen (secondary N) is 2. The van der Waals surface area contributed by atoms with Crippen LogP contribution < -0.4 is 5.32 Å². The molecule has 0 saturated heterocycles. The molecule has 1 heterocycles. The van der Waals surface area contributed by atoms with Gasteiger partial charge in [0.15, 0.2) is 5.82 Å². The summed E-state index contributed by atoms with van der Waals surface area (Å²) < 4.78 is 0. The summed E-state index contributed by atoms with van der Waals surface area (Å²) >= 11 is 0. The van der Waals surface area contributed by atoms with Crippen molar-refractivity contribution in [3.63, 3.8) is 0 Å². The first-order chi connectivity index (χ1) is 14.7. The molecule has 0 spiro atoms. The summed E-state index contributed by atoms with van der Waals surface area (Å²) in [5, 5.41) is 13.7. The van der Waals surface area contributed by atoms with Crippen LogP contribution in [0.3, 0.4) is 0 Å². The van der Waals surface area contributed by atoms with E-state index in [-0.39, 0.29) is 5.91 Å². The molecule has 4 heteroatoms. The molecule has 0 unspecified atom stereocenters. The lowest BCUT2D eigenvalue weighted by Gasteiger charge is -2.11. The molecule has 0 bridgehead atoms. The largest absolute Gasteiger partial charge is 0.308 e. The highest BCUT2D eigenvalue weighted by atomic mass is 16.1. The predicted octanol–water partition coefficient (Wildman–Crippen LogP) is 5.87. The van der Waals surface area contributed by atoms with E-state index in [1.165, 1.54) is 16.3 Å². The Labute approximate surface area is 174 Å². The van der Waals surface area contributed by atoms with Crippen LogP contribution in [0, 0.1) is 6.92 Å². The predicted molar refractivity (Wildman–Crippen MR) is 123 cm³/mol. The average Bonchev–Trinajstić information content (AvgIpc) is 3.14. The van der Waals surface area contributed by atoms with Crippen molar-refractivity contribution in [3.05, 3.63) is 96.1 Å². The number of carbonyl (C=O) groups is 1. The second kappa shape index (κ2) is 7.48. The van der Waals surface area contributed by atoms with E-state index in [1.807, 2.05) is 30.3 Å². The van der Waals surface area contributed by atoms with Gasteiger partial charge in [-0.1, -0.05) is 72.8 Å². The zero-order valence-corrected chi connectivity index (χ0v) is 16.6. The summed E-state index contributed by atoms with van der Waals surface area (Å²) in [7, 11) is 0. The van der Waals surface area contributed by atoms with Crippen molar-refractivity contribution in [1.82, 2.24) is 10.2 Å². The van der Waals surface area contributed by atoms with Crippen molar-refractivity contribution < 1.29 is 4.79 Å². The second-order valence-electron chi connectivity index (χ2n) is 7.52. The summed E-state index contributed by atoms with van der Waals surface area (Å²) in [6.45, 7) is 2.10. The molecule has 0 aliphatic heterocycles. The molecule has 0 atom stereocenters. The van der Waals surface area contributed by atoms with Gasteiger partial charge in [-0.2, -0.15) is 5.10 Å². The smallest absolute Gasteiger partial charge is 0.230 e.